The van der Waals surface area contributed by atoms with Gasteiger partial charge in [-0.2, -0.15) is 0 Å². The largest absolute Gasteiger partial charge is 0.503 e. The third-order valence-corrected chi connectivity index (χ3v) is 5.15. The highest BCUT2D eigenvalue weighted by atomic mass is 16.5. The van der Waals surface area contributed by atoms with Gasteiger partial charge < -0.3 is 19.2 Å². The minimum atomic E-state index is -0.797. The minimum Gasteiger partial charge on any atom is -0.503 e. The van der Waals surface area contributed by atoms with Gasteiger partial charge in [-0.3, -0.25) is 14.6 Å². The second-order valence-electron chi connectivity index (χ2n) is 7.37. The molecule has 4 rings (SSSR count). The van der Waals surface area contributed by atoms with Crippen molar-refractivity contribution in [2.75, 3.05) is 6.61 Å². The van der Waals surface area contributed by atoms with Crippen molar-refractivity contribution in [2.24, 2.45) is 0 Å². The Kier molecular flexibility index (Phi) is 5.89. The normalized spacial score (nSPS) is 15.8. The van der Waals surface area contributed by atoms with Crippen molar-refractivity contribution in [1.82, 2.24) is 9.88 Å². The van der Waals surface area contributed by atoms with Gasteiger partial charge in [-0.1, -0.05) is 30.9 Å². The zero-order chi connectivity index (χ0) is 22.7. The van der Waals surface area contributed by atoms with E-state index in [1.807, 2.05) is 6.07 Å². The lowest BCUT2D eigenvalue weighted by atomic mass is 9.95. The van der Waals surface area contributed by atoms with Crippen LogP contribution in [0.3, 0.4) is 0 Å². The molecule has 7 heteroatoms. The van der Waals surface area contributed by atoms with E-state index in [4.69, 9.17) is 9.15 Å². The highest BCUT2D eigenvalue weighted by Gasteiger charge is 2.44. The number of ether oxygens (including phenoxy) is 1. The third kappa shape index (κ3) is 4.05. The Hall–Kier alpha value is -4.13. The number of hydrogen-bond acceptors (Lipinski definition) is 6. The molecule has 2 aromatic heterocycles. The molecule has 7 nitrogen and oxygen atoms in total. The van der Waals surface area contributed by atoms with Crippen LogP contribution in [0, 0.1) is 6.92 Å². The monoisotopic (exact) mass is 430 g/mol. The topological polar surface area (TPSA) is 92.9 Å². The second kappa shape index (κ2) is 8.93. The van der Waals surface area contributed by atoms with Crippen LogP contribution in [0.25, 0.3) is 0 Å². The lowest BCUT2D eigenvalue weighted by molar-refractivity contribution is -0.130. The van der Waals surface area contributed by atoms with E-state index in [0.717, 1.165) is 5.56 Å². The number of carbonyl (C=O) groups is 2. The Labute approximate surface area is 185 Å². The van der Waals surface area contributed by atoms with Crippen molar-refractivity contribution in [3.8, 4) is 5.75 Å². The first kappa shape index (κ1) is 21.1. The van der Waals surface area contributed by atoms with Crippen LogP contribution in [-0.2, 0) is 11.3 Å². The van der Waals surface area contributed by atoms with E-state index in [1.165, 1.54) is 11.0 Å². The Balaban J connectivity index is 1.75. The van der Waals surface area contributed by atoms with Crippen LogP contribution in [0.4, 0.5) is 0 Å². The van der Waals surface area contributed by atoms with Crippen molar-refractivity contribution in [1.29, 1.82) is 0 Å². The Bertz CT molecular complexity index is 1180. The number of aliphatic hydroxyl groups excluding tert-OH is 1. The first-order valence-corrected chi connectivity index (χ1v) is 10.1. The summed E-state index contributed by atoms with van der Waals surface area (Å²) >= 11 is 0. The molecule has 1 aromatic carbocycles. The average Bonchev–Trinajstić information content (AvgIpc) is 3.35. The van der Waals surface area contributed by atoms with Crippen molar-refractivity contribution in [3.05, 3.63) is 108 Å². The number of rotatable bonds is 8. The molecule has 1 amide bonds. The molecular formula is C25H22N2O5. The summed E-state index contributed by atoms with van der Waals surface area (Å²) in [4.78, 5) is 31.8. The second-order valence-corrected chi connectivity index (χ2v) is 7.37. The molecule has 0 saturated carbocycles. The number of ketones is 1. The molecule has 0 unspecified atom stereocenters. The van der Waals surface area contributed by atoms with Gasteiger partial charge in [0.1, 0.15) is 18.1 Å². The highest BCUT2D eigenvalue weighted by molar-refractivity contribution is 6.15. The molecular weight excluding hydrogens is 408 g/mol. The van der Waals surface area contributed by atoms with Crippen molar-refractivity contribution >= 4 is 11.7 Å². The summed E-state index contributed by atoms with van der Waals surface area (Å²) in [6, 6.07) is 13.0. The minimum absolute atomic E-state index is 0.0204. The van der Waals surface area contributed by atoms with Crippen LogP contribution in [0.5, 0.6) is 5.75 Å². The molecule has 162 valence electrons. The molecule has 3 aromatic rings. The fourth-order valence-electron chi connectivity index (χ4n) is 3.67. The van der Waals surface area contributed by atoms with E-state index in [2.05, 4.69) is 11.6 Å². The Morgan fingerprint density at radius 2 is 2.03 bits per heavy atom. The highest BCUT2D eigenvalue weighted by Crippen LogP contribution is 2.40. The predicted octanol–water partition coefficient (Wildman–Crippen LogP) is 4.33. The number of nitrogens with zero attached hydrogens (tertiary/aromatic N) is 2. The van der Waals surface area contributed by atoms with Gasteiger partial charge >= 0.3 is 0 Å². The van der Waals surface area contributed by atoms with E-state index in [1.54, 1.807) is 61.8 Å². The molecule has 1 N–H and O–H groups in total. The molecule has 0 spiro atoms. The van der Waals surface area contributed by atoms with Gasteiger partial charge in [0, 0.05) is 18.9 Å². The van der Waals surface area contributed by atoms with Crippen LogP contribution in [-0.4, -0.2) is 33.3 Å². The number of pyridine rings is 1. The summed E-state index contributed by atoms with van der Waals surface area (Å²) in [6.45, 7) is 5.88. The van der Waals surface area contributed by atoms with Crippen molar-refractivity contribution in [2.45, 2.75) is 19.5 Å². The lowest BCUT2D eigenvalue weighted by Crippen LogP contribution is -2.30. The van der Waals surface area contributed by atoms with Gasteiger partial charge in [0.05, 0.1) is 11.6 Å². The zero-order valence-electron chi connectivity index (χ0n) is 17.5. The van der Waals surface area contributed by atoms with Crippen LogP contribution in [0.15, 0.2) is 89.3 Å². The van der Waals surface area contributed by atoms with Crippen molar-refractivity contribution in [3.63, 3.8) is 0 Å². The number of aliphatic hydroxyl groups is 1. The lowest BCUT2D eigenvalue weighted by Gasteiger charge is -2.26. The number of hydrogen-bond donors (Lipinski definition) is 1. The molecule has 0 fully saturated rings. The summed E-state index contributed by atoms with van der Waals surface area (Å²) in [5, 5.41) is 10.7. The van der Waals surface area contributed by atoms with Crippen LogP contribution in [0.1, 0.15) is 33.5 Å². The maximum absolute atomic E-state index is 13.3. The van der Waals surface area contributed by atoms with E-state index in [9.17, 15) is 14.7 Å². The fourth-order valence-corrected chi connectivity index (χ4v) is 3.67. The number of amides is 1. The number of aromatic nitrogens is 1. The van der Waals surface area contributed by atoms with Gasteiger partial charge in [0.25, 0.3) is 5.91 Å². The fraction of sp³-hybridized carbons (Fsp3) is 0.160. The first-order chi connectivity index (χ1) is 15.5. The molecule has 32 heavy (non-hydrogen) atoms. The van der Waals surface area contributed by atoms with Gasteiger partial charge in [-0.15, -0.1) is 0 Å². The molecule has 0 radical (unpaired) electrons. The molecule has 1 aliphatic heterocycles. The first-order valence-electron chi connectivity index (χ1n) is 10.1. The smallest absolute Gasteiger partial charge is 0.290 e. The average molecular weight is 430 g/mol. The Morgan fingerprint density at radius 3 is 2.66 bits per heavy atom. The quantitative estimate of drug-likeness (QED) is 0.422. The Morgan fingerprint density at radius 1 is 1.25 bits per heavy atom. The summed E-state index contributed by atoms with van der Waals surface area (Å²) in [5.41, 5.74) is 1.41. The van der Waals surface area contributed by atoms with Crippen LogP contribution >= 0.6 is 0 Å². The third-order valence-electron chi connectivity index (χ3n) is 5.15. The number of Topliss-reactive ketones (excluding diaryl/α,β-unsaturated/α-hetero) is 1. The van der Waals surface area contributed by atoms with E-state index >= 15 is 0 Å². The molecule has 0 saturated heterocycles. The van der Waals surface area contributed by atoms with Crippen LogP contribution < -0.4 is 4.74 Å². The van der Waals surface area contributed by atoms with Crippen molar-refractivity contribution < 1.29 is 23.8 Å². The van der Waals surface area contributed by atoms with E-state index in [-0.39, 0.29) is 17.9 Å². The predicted molar refractivity (Wildman–Crippen MR) is 117 cm³/mol. The maximum Gasteiger partial charge on any atom is 0.290 e. The molecule has 1 atom stereocenters. The van der Waals surface area contributed by atoms with Crippen LogP contribution in [0.2, 0.25) is 0 Å². The summed E-state index contributed by atoms with van der Waals surface area (Å²) in [5.74, 6) is -0.488. The number of benzene rings is 1. The number of furan rings is 1. The summed E-state index contributed by atoms with van der Waals surface area (Å²) in [6.07, 6.45) is 4.92. The SMILES string of the molecule is C=CCOc1ccc([C@H]2C(C(=O)c3ccc(C)o3)=C(O)C(=O)N2Cc2cccnc2)cc1. The van der Waals surface area contributed by atoms with Gasteiger partial charge in [0.15, 0.2) is 11.5 Å². The number of aryl methyl sites for hydroxylation is 1. The molecule has 3 heterocycles. The van der Waals surface area contributed by atoms with E-state index in [0.29, 0.717) is 23.7 Å². The van der Waals surface area contributed by atoms with Gasteiger partial charge in [-0.25, -0.2) is 0 Å². The van der Waals surface area contributed by atoms with Gasteiger partial charge in [0.2, 0.25) is 5.78 Å². The standard InChI is InChI=1S/C25H22N2O5/c1-3-13-31-19-9-7-18(8-10-19)22-21(23(28)20-11-6-16(2)32-20)24(29)25(30)27(22)15-17-5-4-12-26-14-17/h3-12,14,22,29H,1,13,15H2,2H3/t22-/m0/s1. The zero-order valence-corrected chi connectivity index (χ0v) is 17.5. The summed E-state index contributed by atoms with van der Waals surface area (Å²) < 4.78 is 11.0. The molecule has 1 aliphatic rings. The maximum atomic E-state index is 13.3. The molecule has 0 bridgehead atoms. The van der Waals surface area contributed by atoms with Gasteiger partial charge in [-0.05, 0) is 48.4 Å². The van der Waals surface area contributed by atoms with E-state index < -0.39 is 23.5 Å². The molecule has 0 aliphatic carbocycles. The summed E-state index contributed by atoms with van der Waals surface area (Å²) in [7, 11) is 0. The number of carbonyl (C=O) groups excluding carboxylic acids is 2.